The molecule has 0 aromatic carbocycles. The Kier molecular flexibility index (Phi) is 6.68. The maximum absolute atomic E-state index is 12.4. The normalized spacial score (nSPS) is 25.5. The lowest BCUT2D eigenvalue weighted by Gasteiger charge is -2.36. The smallest absolute Gasteiger partial charge is 0.237 e. The number of hydrogen-bond acceptors (Lipinski definition) is 3. The summed E-state index contributed by atoms with van der Waals surface area (Å²) in [6.07, 6.45) is 8.50. The number of carbonyl (C=O) groups excluding carboxylic acids is 2. The van der Waals surface area contributed by atoms with Crippen LogP contribution in [0.2, 0.25) is 0 Å². The van der Waals surface area contributed by atoms with Crippen LogP contribution in [0.15, 0.2) is 0 Å². The summed E-state index contributed by atoms with van der Waals surface area (Å²) >= 11 is 0. The molecule has 0 aromatic heterocycles. The van der Waals surface area contributed by atoms with Crippen LogP contribution >= 0.6 is 0 Å². The highest BCUT2D eigenvalue weighted by Crippen LogP contribution is 2.22. The van der Waals surface area contributed by atoms with Gasteiger partial charge in [0.1, 0.15) is 0 Å². The van der Waals surface area contributed by atoms with Crippen molar-refractivity contribution in [3.05, 3.63) is 0 Å². The molecule has 0 radical (unpaired) electrons. The average molecular weight is 309 g/mol. The number of nitrogens with one attached hydrogen (secondary N) is 2. The first-order chi connectivity index (χ1) is 10.6. The van der Waals surface area contributed by atoms with Crippen LogP contribution in [0.3, 0.4) is 0 Å². The number of rotatable bonds is 5. The molecule has 5 nitrogen and oxygen atoms in total. The van der Waals surface area contributed by atoms with Crippen LogP contribution in [0.4, 0.5) is 0 Å². The lowest BCUT2D eigenvalue weighted by atomic mass is 9.89. The monoisotopic (exact) mass is 309 g/mol. The Balaban J connectivity index is 1.75. The molecule has 0 spiro atoms. The Bertz CT molecular complexity index is 380. The van der Waals surface area contributed by atoms with Crippen molar-refractivity contribution in [2.24, 2.45) is 5.92 Å². The first-order valence-electron chi connectivity index (χ1n) is 8.85. The Morgan fingerprint density at radius 3 is 2.55 bits per heavy atom. The van der Waals surface area contributed by atoms with Gasteiger partial charge in [-0.05, 0) is 45.1 Å². The Morgan fingerprint density at radius 1 is 1.14 bits per heavy atom. The lowest BCUT2D eigenvalue weighted by molar-refractivity contribution is -0.126. The van der Waals surface area contributed by atoms with E-state index >= 15 is 0 Å². The zero-order valence-electron chi connectivity index (χ0n) is 14.1. The van der Waals surface area contributed by atoms with Gasteiger partial charge in [0.25, 0.3) is 0 Å². The molecule has 1 aliphatic heterocycles. The lowest BCUT2D eigenvalue weighted by Crippen LogP contribution is -2.54. The second kappa shape index (κ2) is 8.51. The van der Waals surface area contributed by atoms with E-state index in [2.05, 4.69) is 15.5 Å². The Labute approximate surface area is 134 Å². The highest BCUT2D eigenvalue weighted by atomic mass is 16.2. The van der Waals surface area contributed by atoms with Gasteiger partial charge in [0.05, 0.1) is 6.04 Å². The van der Waals surface area contributed by atoms with Crippen molar-refractivity contribution >= 4 is 11.8 Å². The molecule has 2 amide bonds. The van der Waals surface area contributed by atoms with Crippen molar-refractivity contribution in [3.63, 3.8) is 0 Å². The molecule has 2 aliphatic rings. The number of amides is 2. The maximum atomic E-state index is 12.4. The molecule has 1 aliphatic carbocycles. The minimum Gasteiger partial charge on any atom is -0.354 e. The summed E-state index contributed by atoms with van der Waals surface area (Å²) in [6, 6.07) is 0.0694. The Hall–Kier alpha value is -1.10. The molecule has 2 N–H and O–H groups in total. The van der Waals surface area contributed by atoms with Gasteiger partial charge in [-0.1, -0.05) is 19.3 Å². The first kappa shape index (κ1) is 17.3. The zero-order chi connectivity index (χ0) is 15.9. The summed E-state index contributed by atoms with van der Waals surface area (Å²) in [5.41, 5.74) is 0. The van der Waals surface area contributed by atoms with Crippen molar-refractivity contribution in [1.29, 1.82) is 0 Å². The van der Waals surface area contributed by atoms with Gasteiger partial charge in [0, 0.05) is 26.1 Å². The average Bonchev–Trinajstić information content (AvgIpc) is 2.52. The predicted molar refractivity (Wildman–Crippen MR) is 87.5 cm³/mol. The highest BCUT2D eigenvalue weighted by Gasteiger charge is 2.28. The van der Waals surface area contributed by atoms with E-state index in [-0.39, 0.29) is 23.9 Å². The highest BCUT2D eigenvalue weighted by molar-refractivity contribution is 5.81. The fourth-order valence-electron chi connectivity index (χ4n) is 3.71. The minimum absolute atomic E-state index is 0.0150. The molecular formula is C17H31N3O2. The molecule has 2 fully saturated rings. The van der Waals surface area contributed by atoms with Gasteiger partial charge in [-0.25, -0.2) is 0 Å². The topological polar surface area (TPSA) is 61.4 Å². The molecule has 0 unspecified atom stereocenters. The summed E-state index contributed by atoms with van der Waals surface area (Å²) < 4.78 is 0. The molecule has 0 bridgehead atoms. The van der Waals surface area contributed by atoms with Gasteiger partial charge in [0.15, 0.2) is 0 Å². The molecule has 0 aromatic rings. The molecule has 2 atom stereocenters. The van der Waals surface area contributed by atoms with Crippen LogP contribution in [-0.2, 0) is 9.59 Å². The Morgan fingerprint density at radius 2 is 1.86 bits per heavy atom. The summed E-state index contributed by atoms with van der Waals surface area (Å²) in [5, 5.41) is 6.11. The molecule has 1 saturated heterocycles. The fraction of sp³-hybridized carbons (Fsp3) is 0.882. The minimum atomic E-state index is -0.111. The number of likely N-dealkylation sites (tertiary alicyclic amines) is 1. The quantitative estimate of drug-likeness (QED) is 0.812. The van der Waals surface area contributed by atoms with E-state index in [9.17, 15) is 9.59 Å². The van der Waals surface area contributed by atoms with Gasteiger partial charge in [-0.15, -0.1) is 0 Å². The van der Waals surface area contributed by atoms with Crippen molar-refractivity contribution in [2.45, 2.75) is 70.9 Å². The first-order valence-corrected chi connectivity index (χ1v) is 8.85. The fourth-order valence-corrected chi connectivity index (χ4v) is 3.71. The number of piperidine rings is 1. The SMILES string of the molecule is CC(=O)N[C@@H]1CCCN([C@H](C)C(=O)NCC2CCCCC2)C1. The van der Waals surface area contributed by atoms with E-state index < -0.39 is 0 Å². The van der Waals surface area contributed by atoms with Gasteiger partial charge < -0.3 is 10.6 Å². The maximum Gasteiger partial charge on any atom is 0.237 e. The molecule has 126 valence electrons. The summed E-state index contributed by atoms with van der Waals surface area (Å²) in [5.74, 6) is 0.814. The van der Waals surface area contributed by atoms with Gasteiger partial charge in [-0.2, -0.15) is 0 Å². The van der Waals surface area contributed by atoms with Crippen LogP contribution in [0.1, 0.15) is 58.8 Å². The second-order valence-electron chi connectivity index (χ2n) is 6.96. The van der Waals surface area contributed by atoms with Crippen LogP contribution in [0.25, 0.3) is 0 Å². The van der Waals surface area contributed by atoms with E-state index in [0.717, 1.165) is 32.5 Å². The third-order valence-corrected chi connectivity index (χ3v) is 5.08. The van der Waals surface area contributed by atoms with Crippen molar-refractivity contribution in [3.8, 4) is 0 Å². The van der Waals surface area contributed by atoms with E-state index in [0.29, 0.717) is 5.92 Å². The van der Waals surface area contributed by atoms with Crippen LogP contribution in [-0.4, -0.2) is 48.4 Å². The summed E-state index contributed by atoms with van der Waals surface area (Å²) in [7, 11) is 0. The van der Waals surface area contributed by atoms with Crippen LogP contribution < -0.4 is 10.6 Å². The third kappa shape index (κ3) is 5.27. The van der Waals surface area contributed by atoms with E-state index in [1.54, 1.807) is 6.92 Å². The van der Waals surface area contributed by atoms with Crippen molar-refractivity contribution in [1.82, 2.24) is 15.5 Å². The van der Waals surface area contributed by atoms with Gasteiger partial charge >= 0.3 is 0 Å². The number of hydrogen-bond donors (Lipinski definition) is 2. The number of carbonyl (C=O) groups is 2. The molecule has 2 rings (SSSR count). The molecule has 22 heavy (non-hydrogen) atoms. The molecule has 1 saturated carbocycles. The summed E-state index contributed by atoms with van der Waals surface area (Å²) in [6.45, 7) is 6.07. The number of nitrogens with zero attached hydrogens (tertiary/aromatic N) is 1. The van der Waals surface area contributed by atoms with E-state index in [1.807, 2.05) is 6.92 Å². The molecule has 1 heterocycles. The van der Waals surface area contributed by atoms with Crippen molar-refractivity contribution in [2.75, 3.05) is 19.6 Å². The second-order valence-corrected chi connectivity index (χ2v) is 6.96. The zero-order valence-corrected chi connectivity index (χ0v) is 14.1. The van der Waals surface area contributed by atoms with E-state index in [1.165, 1.54) is 32.1 Å². The van der Waals surface area contributed by atoms with Crippen LogP contribution in [0, 0.1) is 5.92 Å². The third-order valence-electron chi connectivity index (χ3n) is 5.08. The molecule has 5 heteroatoms. The van der Waals surface area contributed by atoms with Gasteiger partial charge in [0.2, 0.25) is 11.8 Å². The largest absolute Gasteiger partial charge is 0.354 e. The predicted octanol–water partition coefficient (Wildman–Crippen LogP) is 1.67. The standard InChI is InChI=1S/C17H31N3O2/c1-13(17(22)18-11-15-7-4-3-5-8-15)20-10-6-9-16(12-20)19-14(2)21/h13,15-16H,3-12H2,1-2H3,(H,18,22)(H,19,21)/t13-,16-/m1/s1. The van der Waals surface area contributed by atoms with Crippen LogP contribution in [0.5, 0.6) is 0 Å². The molecular weight excluding hydrogens is 278 g/mol. The summed E-state index contributed by atoms with van der Waals surface area (Å²) in [4.78, 5) is 25.8. The van der Waals surface area contributed by atoms with Gasteiger partial charge in [-0.3, -0.25) is 14.5 Å². The van der Waals surface area contributed by atoms with Crippen molar-refractivity contribution < 1.29 is 9.59 Å². The van der Waals surface area contributed by atoms with E-state index in [4.69, 9.17) is 0 Å².